The van der Waals surface area contributed by atoms with Crippen LogP contribution < -0.4 is 5.73 Å². The third-order valence-corrected chi connectivity index (χ3v) is 4.92. The molecule has 1 aliphatic rings. The Balaban J connectivity index is 2.13. The third kappa shape index (κ3) is 3.12. The zero-order chi connectivity index (χ0) is 15.7. The van der Waals surface area contributed by atoms with Crippen molar-refractivity contribution in [2.45, 2.75) is 57.3 Å². The minimum absolute atomic E-state index is 0.121. The summed E-state index contributed by atoms with van der Waals surface area (Å²) in [6.45, 7) is 10.2. The first-order valence-corrected chi connectivity index (χ1v) is 7.73. The third-order valence-electron chi connectivity index (χ3n) is 4.92. The topological polar surface area (TPSA) is 51.4 Å². The van der Waals surface area contributed by atoms with Crippen LogP contribution in [0.2, 0.25) is 0 Å². The number of rotatable bonds is 5. The van der Waals surface area contributed by atoms with Gasteiger partial charge in [0.05, 0.1) is 16.7 Å². The molecule has 4 heteroatoms. The van der Waals surface area contributed by atoms with Gasteiger partial charge in [-0.25, -0.2) is 0 Å². The van der Waals surface area contributed by atoms with Gasteiger partial charge in [0, 0.05) is 25.5 Å². The second-order valence-electron chi connectivity index (χ2n) is 7.31. The molecule has 0 radical (unpaired) electrons. The fraction of sp³-hybridized carbons (Fsp3) is 0.706. The fourth-order valence-electron chi connectivity index (χ4n) is 3.87. The standard InChI is InChI=1S/C17H29N3O/c1-15(2)12-17(13-18,16(3,4)21-15)20(5)11-8-14-6-9-19-10-7-14/h6-7,9-10H,8,11-13,18H2,1-5H3. The lowest BCUT2D eigenvalue weighted by Crippen LogP contribution is -2.62. The van der Waals surface area contributed by atoms with Crippen molar-refractivity contribution in [2.24, 2.45) is 5.73 Å². The van der Waals surface area contributed by atoms with Gasteiger partial charge in [-0.1, -0.05) is 0 Å². The van der Waals surface area contributed by atoms with Gasteiger partial charge in [-0.2, -0.15) is 0 Å². The molecule has 2 N–H and O–H groups in total. The summed E-state index contributed by atoms with van der Waals surface area (Å²) < 4.78 is 6.28. The molecule has 1 aromatic heterocycles. The molecule has 1 fully saturated rings. The Bertz CT molecular complexity index is 472. The smallest absolute Gasteiger partial charge is 0.0829 e. The molecular weight excluding hydrogens is 262 g/mol. The molecule has 1 atom stereocenters. The number of nitrogens with zero attached hydrogens (tertiary/aromatic N) is 2. The van der Waals surface area contributed by atoms with Gasteiger partial charge < -0.3 is 10.5 Å². The average molecular weight is 291 g/mol. The highest BCUT2D eigenvalue weighted by atomic mass is 16.5. The van der Waals surface area contributed by atoms with Crippen molar-refractivity contribution in [2.75, 3.05) is 20.1 Å². The van der Waals surface area contributed by atoms with Gasteiger partial charge in [-0.15, -0.1) is 0 Å². The molecule has 1 saturated heterocycles. The Morgan fingerprint density at radius 2 is 1.86 bits per heavy atom. The van der Waals surface area contributed by atoms with Crippen LogP contribution in [-0.4, -0.2) is 46.8 Å². The number of ether oxygens (including phenoxy) is 1. The molecule has 0 saturated carbocycles. The van der Waals surface area contributed by atoms with Gasteiger partial charge >= 0.3 is 0 Å². The van der Waals surface area contributed by atoms with Crippen LogP contribution in [-0.2, 0) is 11.2 Å². The van der Waals surface area contributed by atoms with E-state index in [9.17, 15) is 0 Å². The summed E-state index contributed by atoms with van der Waals surface area (Å²) in [6.07, 6.45) is 5.65. The van der Waals surface area contributed by atoms with E-state index in [1.807, 2.05) is 12.4 Å². The van der Waals surface area contributed by atoms with Crippen molar-refractivity contribution in [1.29, 1.82) is 0 Å². The van der Waals surface area contributed by atoms with Gasteiger partial charge in [0.2, 0.25) is 0 Å². The van der Waals surface area contributed by atoms with E-state index in [0.29, 0.717) is 6.54 Å². The number of likely N-dealkylation sites (N-methyl/N-ethyl adjacent to an activating group) is 1. The van der Waals surface area contributed by atoms with Gasteiger partial charge in [0.25, 0.3) is 0 Å². The van der Waals surface area contributed by atoms with E-state index in [4.69, 9.17) is 10.5 Å². The first-order chi connectivity index (χ1) is 9.72. The van der Waals surface area contributed by atoms with Crippen molar-refractivity contribution in [3.63, 3.8) is 0 Å². The molecule has 0 aliphatic carbocycles. The molecule has 1 unspecified atom stereocenters. The van der Waals surface area contributed by atoms with E-state index in [0.717, 1.165) is 19.4 Å². The van der Waals surface area contributed by atoms with E-state index >= 15 is 0 Å². The maximum atomic E-state index is 6.28. The van der Waals surface area contributed by atoms with Crippen LogP contribution in [0.1, 0.15) is 39.7 Å². The van der Waals surface area contributed by atoms with Crippen molar-refractivity contribution in [1.82, 2.24) is 9.88 Å². The van der Waals surface area contributed by atoms with Crippen molar-refractivity contribution in [3.05, 3.63) is 30.1 Å². The number of aromatic nitrogens is 1. The molecule has 118 valence electrons. The highest BCUT2D eigenvalue weighted by molar-refractivity contribution is 5.14. The Hall–Kier alpha value is -0.970. The molecule has 0 spiro atoms. The minimum atomic E-state index is -0.252. The SMILES string of the molecule is CN(CCc1ccncc1)C1(CN)CC(C)(C)OC1(C)C. The van der Waals surface area contributed by atoms with Crippen molar-refractivity contribution >= 4 is 0 Å². The second-order valence-corrected chi connectivity index (χ2v) is 7.31. The summed E-state index contributed by atoms with van der Waals surface area (Å²) in [5, 5.41) is 0. The number of pyridine rings is 1. The Morgan fingerprint density at radius 3 is 2.33 bits per heavy atom. The summed E-state index contributed by atoms with van der Waals surface area (Å²) in [5.74, 6) is 0. The Morgan fingerprint density at radius 1 is 1.24 bits per heavy atom. The number of hydrogen-bond acceptors (Lipinski definition) is 4. The first kappa shape index (κ1) is 16.4. The van der Waals surface area contributed by atoms with E-state index < -0.39 is 0 Å². The zero-order valence-corrected chi connectivity index (χ0v) is 14.0. The maximum absolute atomic E-state index is 6.28. The quantitative estimate of drug-likeness (QED) is 0.904. The monoisotopic (exact) mass is 291 g/mol. The minimum Gasteiger partial charge on any atom is -0.368 e. The number of hydrogen-bond donors (Lipinski definition) is 1. The van der Waals surface area contributed by atoms with Gasteiger partial charge in [-0.3, -0.25) is 9.88 Å². The van der Waals surface area contributed by atoms with Gasteiger partial charge in [-0.05, 0) is 65.3 Å². The predicted molar refractivity (Wildman–Crippen MR) is 86.2 cm³/mol. The zero-order valence-electron chi connectivity index (χ0n) is 14.0. The second kappa shape index (κ2) is 5.67. The van der Waals surface area contributed by atoms with Crippen LogP contribution in [0.25, 0.3) is 0 Å². The summed E-state index contributed by atoms with van der Waals surface area (Å²) in [7, 11) is 2.17. The Kier molecular flexibility index (Phi) is 4.43. The van der Waals surface area contributed by atoms with Crippen LogP contribution in [0.15, 0.2) is 24.5 Å². The lowest BCUT2D eigenvalue weighted by atomic mass is 9.77. The van der Waals surface area contributed by atoms with Crippen LogP contribution in [0, 0.1) is 0 Å². The molecule has 0 bridgehead atoms. The molecule has 1 aliphatic heterocycles. The first-order valence-electron chi connectivity index (χ1n) is 7.73. The summed E-state index contributed by atoms with van der Waals surface area (Å²) in [5.41, 5.74) is 7.00. The van der Waals surface area contributed by atoms with Crippen molar-refractivity contribution in [3.8, 4) is 0 Å². The maximum Gasteiger partial charge on any atom is 0.0829 e. The highest BCUT2D eigenvalue weighted by Crippen LogP contribution is 2.47. The van der Waals surface area contributed by atoms with Crippen LogP contribution in [0.3, 0.4) is 0 Å². The lowest BCUT2D eigenvalue weighted by molar-refractivity contribution is -0.0998. The summed E-state index contributed by atoms with van der Waals surface area (Å²) in [6, 6.07) is 4.15. The van der Waals surface area contributed by atoms with E-state index in [1.165, 1.54) is 5.56 Å². The molecule has 4 nitrogen and oxygen atoms in total. The Labute approximate surface area is 128 Å². The molecule has 21 heavy (non-hydrogen) atoms. The number of nitrogens with two attached hydrogens (primary N) is 1. The molecular formula is C17H29N3O. The van der Waals surface area contributed by atoms with E-state index in [1.54, 1.807) is 0 Å². The fourth-order valence-corrected chi connectivity index (χ4v) is 3.87. The van der Waals surface area contributed by atoms with E-state index in [-0.39, 0.29) is 16.7 Å². The van der Waals surface area contributed by atoms with Crippen LogP contribution in [0.4, 0.5) is 0 Å². The molecule has 0 amide bonds. The molecule has 0 aromatic carbocycles. The molecule has 2 heterocycles. The van der Waals surface area contributed by atoms with Crippen molar-refractivity contribution < 1.29 is 4.74 Å². The average Bonchev–Trinajstić information content (AvgIpc) is 2.62. The predicted octanol–water partition coefficient (Wildman–Crippen LogP) is 2.23. The van der Waals surface area contributed by atoms with Gasteiger partial charge in [0.15, 0.2) is 0 Å². The summed E-state index contributed by atoms with van der Waals surface area (Å²) >= 11 is 0. The largest absolute Gasteiger partial charge is 0.368 e. The molecule has 2 rings (SSSR count). The normalized spacial score (nSPS) is 27.2. The van der Waals surface area contributed by atoms with E-state index in [2.05, 4.69) is 56.8 Å². The summed E-state index contributed by atoms with van der Waals surface area (Å²) in [4.78, 5) is 6.46. The molecule has 1 aromatic rings. The van der Waals surface area contributed by atoms with Crippen LogP contribution >= 0.6 is 0 Å². The van der Waals surface area contributed by atoms with Gasteiger partial charge in [0.1, 0.15) is 0 Å². The highest BCUT2D eigenvalue weighted by Gasteiger charge is 2.58. The van der Waals surface area contributed by atoms with Crippen LogP contribution in [0.5, 0.6) is 0 Å². The lowest BCUT2D eigenvalue weighted by Gasteiger charge is -2.46.